The number of rotatable bonds is 5. The van der Waals surface area contributed by atoms with Gasteiger partial charge < -0.3 is 24.5 Å². The highest BCUT2D eigenvalue weighted by Crippen LogP contribution is 2.33. The van der Waals surface area contributed by atoms with Gasteiger partial charge >= 0.3 is 0 Å². The van der Waals surface area contributed by atoms with Crippen LogP contribution in [0.1, 0.15) is 36.0 Å². The van der Waals surface area contributed by atoms with E-state index < -0.39 is 27.1 Å². The predicted molar refractivity (Wildman–Crippen MR) is 119 cm³/mol. The molecular formula is C22H27N3O7S. The molecule has 178 valence electrons. The van der Waals surface area contributed by atoms with E-state index in [1.54, 1.807) is 6.07 Å². The Hall–Kier alpha value is -2.31. The highest BCUT2D eigenvalue weighted by atomic mass is 32.2. The molecule has 3 aliphatic rings. The zero-order valence-electron chi connectivity index (χ0n) is 18.2. The summed E-state index contributed by atoms with van der Waals surface area (Å²) in [5.41, 5.74) is -0.124. The zero-order valence-corrected chi connectivity index (χ0v) is 19.0. The fourth-order valence-corrected chi connectivity index (χ4v) is 6.10. The zero-order chi connectivity index (χ0) is 23.1. The number of aromatic amines is 1. The Morgan fingerprint density at radius 1 is 1.18 bits per heavy atom. The number of piperidine rings is 1. The van der Waals surface area contributed by atoms with Crippen molar-refractivity contribution in [3.8, 4) is 0 Å². The number of nitrogens with zero attached hydrogens (tertiary/aromatic N) is 1. The fraction of sp³-hybridized carbons (Fsp3) is 0.545. The Morgan fingerprint density at radius 2 is 1.94 bits per heavy atom. The smallest absolute Gasteiger partial charge is 0.256 e. The van der Waals surface area contributed by atoms with Crippen molar-refractivity contribution in [3.05, 3.63) is 40.2 Å². The first-order valence-corrected chi connectivity index (χ1v) is 12.7. The first-order valence-electron chi connectivity index (χ1n) is 11.2. The number of pyridine rings is 1. The summed E-state index contributed by atoms with van der Waals surface area (Å²) in [5, 5.41) is 2.88. The third kappa shape index (κ3) is 4.31. The lowest BCUT2D eigenvalue weighted by Crippen LogP contribution is -2.47. The Bertz CT molecular complexity index is 1200. The highest BCUT2D eigenvalue weighted by molar-refractivity contribution is 7.89. The number of nitrogens with one attached hydrogen (secondary N) is 2. The average molecular weight is 478 g/mol. The number of aromatic nitrogens is 1. The maximum Gasteiger partial charge on any atom is 0.256 e. The summed E-state index contributed by atoms with van der Waals surface area (Å²) in [5.74, 6) is -1.20. The van der Waals surface area contributed by atoms with Gasteiger partial charge in [-0.15, -0.1) is 0 Å². The maximum atomic E-state index is 13.3. The van der Waals surface area contributed by atoms with Gasteiger partial charge in [-0.05, 0) is 31.0 Å². The molecule has 3 saturated heterocycles. The Labute approximate surface area is 191 Å². The maximum absolute atomic E-state index is 13.3. The highest BCUT2D eigenvalue weighted by Gasteiger charge is 2.42. The third-order valence-corrected chi connectivity index (χ3v) is 8.44. The van der Waals surface area contributed by atoms with Crippen molar-refractivity contribution in [2.45, 2.75) is 42.5 Å². The van der Waals surface area contributed by atoms with Crippen LogP contribution in [0.5, 0.6) is 0 Å². The molecule has 0 saturated carbocycles. The van der Waals surface area contributed by atoms with E-state index >= 15 is 0 Å². The number of H-pyrrole nitrogens is 1. The van der Waals surface area contributed by atoms with Crippen LogP contribution in [0.15, 0.2) is 34.1 Å². The van der Waals surface area contributed by atoms with Crippen LogP contribution in [0.2, 0.25) is 0 Å². The molecule has 4 heterocycles. The van der Waals surface area contributed by atoms with Crippen LogP contribution in [0, 0.1) is 0 Å². The summed E-state index contributed by atoms with van der Waals surface area (Å²) in [6.45, 7) is 2.57. The minimum Gasteiger partial charge on any atom is -0.376 e. The second-order valence-corrected chi connectivity index (χ2v) is 10.5. The molecule has 1 aromatic carbocycles. The van der Waals surface area contributed by atoms with Gasteiger partial charge in [-0.2, -0.15) is 4.31 Å². The first kappa shape index (κ1) is 22.5. The molecule has 33 heavy (non-hydrogen) atoms. The van der Waals surface area contributed by atoms with Gasteiger partial charge in [0.1, 0.15) is 5.56 Å². The number of hydrogen-bond acceptors (Lipinski definition) is 7. The van der Waals surface area contributed by atoms with Crippen molar-refractivity contribution in [3.63, 3.8) is 0 Å². The SMILES string of the molecule is O=C(NCC1CCCO1)c1c[nH]c2ccc(S(=O)(=O)N3CCC4(CC3)OCCO4)cc2c1=O. The molecule has 1 spiro atoms. The number of ether oxygens (including phenoxy) is 3. The molecule has 11 heteroatoms. The summed E-state index contributed by atoms with van der Waals surface area (Å²) in [7, 11) is -3.82. The van der Waals surface area contributed by atoms with Gasteiger partial charge in [0.05, 0.1) is 24.2 Å². The van der Waals surface area contributed by atoms with Crippen LogP contribution < -0.4 is 10.7 Å². The first-order chi connectivity index (χ1) is 15.9. The lowest BCUT2D eigenvalue weighted by molar-refractivity contribution is -0.179. The van der Waals surface area contributed by atoms with Gasteiger partial charge in [-0.25, -0.2) is 8.42 Å². The summed E-state index contributed by atoms with van der Waals surface area (Å²) >= 11 is 0. The van der Waals surface area contributed by atoms with Gasteiger partial charge in [0, 0.05) is 56.2 Å². The molecule has 3 aliphatic heterocycles. The molecule has 1 amide bonds. The van der Waals surface area contributed by atoms with Crippen LogP contribution in [0.25, 0.3) is 10.9 Å². The number of hydrogen-bond donors (Lipinski definition) is 2. The summed E-state index contributed by atoms with van der Waals surface area (Å²) in [4.78, 5) is 28.6. The minimum absolute atomic E-state index is 0.0154. The minimum atomic E-state index is -3.82. The summed E-state index contributed by atoms with van der Waals surface area (Å²) < 4.78 is 44.7. The van der Waals surface area contributed by atoms with E-state index in [9.17, 15) is 18.0 Å². The predicted octanol–water partition coefficient (Wildman–Crippen LogP) is 0.965. The fourth-order valence-electron chi connectivity index (χ4n) is 4.64. The molecule has 0 radical (unpaired) electrons. The lowest BCUT2D eigenvalue weighted by Gasteiger charge is -2.36. The molecular weight excluding hydrogens is 450 g/mol. The summed E-state index contributed by atoms with van der Waals surface area (Å²) in [6.07, 6.45) is 4.03. The van der Waals surface area contributed by atoms with E-state index in [-0.39, 0.29) is 35.0 Å². The lowest BCUT2D eigenvalue weighted by atomic mass is 10.1. The van der Waals surface area contributed by atoms with Crippen molar-refractivity contribution >= 4 is 26.8 Å². The quantitative estimate of drug-likeness (QED) is 0.657. The van der Waals surface area contributed by atoms with Crippen molar-refractivity contribution in [1.29, 1.82) is 0 Å². The van der Waals surface area contributed by atoms with E-state index in [4.69, 9.17) is 14.2 Å². The molecule has 1 aromatic heterocycles. The van der Waals surface area contributed by atoms with E-state index in [1.165, 1.54) is 22.6 Å². The van der Waals surface area contributed by atoms with Gasteiger partial charge in [0.2, 0.25) is 15.5 Å². The topological polar surface area (TPSA) is 127 Å². The Balaban J connectivity index is 1.37. The number of fused-ring (bicyclic) bond motifs is 1. The van der Waals surface area contributed by atoms with Crippen molar-refractivity contribution in [1.82, 2.24) is 14.6 Å². The number of carbonyl (C=O) groups excluding carboxylic acids is 1. The van der Waals surface area contributed by atoms with Gasteiger partial charge in [-0.3, -0.25) is 9.59 Å². The van der Waals surface area contributed by atoms with Crippen LogP contribution in [0.3, 0.4) is 0 Å². The van der Waals surface area contributed by atoms with Crippen LogP contribution in [0.4, 0.5) is 0 Å². The van der Waals surface area contributed by atoms with Crippen LogP contribution in [-0.4, -0.2) is 75.0 Å². The van der Waals surface area contributed by atoms with E-state index in [0.29, 0.717) is 44.7 Å². The number of benzene rings is 1. The van der Waals surface area contributed by atoms with Crippen LogP contribution in [-0.2, 0) is 24.2 Å². The second-order valence-electron chi connectivity index (χ2n) is 8.60. The Kier molecular flexibility index (Phi) is 6.00. The second kappa shape index (κ2) is 8.80. The molecule has 1 unspecified atom stereocenters. The van der Waals surface area contributed by atoms with E-state index in [1.807, 2.05) is 0 Å². The average Bonchev–Trinajstić information content (AvgIpc) is 3.50. The molecule has 2 N–H and O–H groups in total. The molecule has 5 rings (SSSR count). The number of carbonyl (C=O) groups is 1. The molecule has 10 nitrogen and oxygen atoms in total. The van der Waals surface area contributed by atoms with Crippen molar-refractivity contribution in [2.24, 2.45) is 0 Å². The van der Waals surface area contributed by atoms with E-state index in [2.05, 4.69) is 10.3 Å². The molecule has 0 aliphatic carbocycles. The third-order valence-electron chi connectivity index (χ3n) is 6.55. The molecule has 3 fully saturated rings. The largest absolute Gasteiger partial charge is 0.376 e. The monoisotopic (exact) mass is 477 g/mol. The normalized spacial score (nSPS) is 23.3. The molecule has 2 aromatic rings. The van der Waals surface area contributed by atoms with Crippen LogP contribution >= 0.6 is 0 Å². The Morgan fingerprint density at radius 3 is 2.64 bits per heavy atom. The van der Waals surface area contributed by atoms with Gasteiger partial charge in [-0.1, -0.05) is 0 Å². The molecule has 0 bridgehead atoms. The number of amides is 1. The number of sulfonamides is 1. The van der Waals surface area contributed by atoms with E-state index in [0.717, 1.165) is 12.8 Å². The van der Waals surface area contributed by atoms with Gasteiger partial charge in [0.15, 0.2) is 5.79 Å². The van der Waals surface area contributed by atoms with Crippen molar-refractivity contribution in [2.75, 3.05) is 39.5 Å². The molecule has 1 atom stereocenters. The summed E-state index contributed by atoms with van der Waals surface area (Å²) in [6, 6.07) is 4.36. The standard InChI is InChI=1S/C22H27N3O7S/c26-20-17-12-16(33(28,29)25-7-5-22(6-8-25)31-10-11-32-22)3-4-19(17)23-14-18(20)21(27)24-13-15-2-1-9-30-15/h3-4,12,14-15H,1-2,5-11,13H2,(H,23,26)(H,24,27). The van der Waals surface area contributed by atoms with Gasteiger partial charge in [0.25, 0.3) is 5.91 Å². The van der Waals surface area contributed by atoms with Crippen molar-refractivity contribution < 1.29 is 27.4 Å².